The molecule has 20 heavy (non-hydrogen) atoms. The summed E-state index contributed by atoms with van der Waals surface area (Å²) in [5.41, 5.74) is 0.970. The van der Waals surface area contributed by atoms with Gasteiger partial charge in [-0.3, -0.25) is 4.90 Å². The molecule has 0 bridgehead atoms. The molecule has 0 spiro atoms. The van der Waals surface area contributed by atoms with Crippen LogP contribution in [0.4, 0.5) is 5.82 Å². The molecular formula is C14H23N3O2S. The molecule has 0 amide bonds. The average molecular weight is 297 g/mol. The molecule has 0 aliphatic carbocycles. The summed E-state index contributed by atoms with van der Waals surface area (Å²) < 4.78 is 23.0. The third-order valence-corrected chi connectivity index (χ3v) is 5.36. The second-order valence-corrected chi connectivity index (χ2v) is 7.64. The molecule has 1 atom stereocenters. The molecule has 1 unspecified atom stereocenters. The summed E-state index contributed by atoms with van der Waals surface area (Å²) in [6, 6.07) is 6.05. The van der Waals surface area contributed by atoms with Crippen molar-refractivity contribution in [3.63, 3.8) is 0 Å². The zero-order valence-corrected chi connectivity index (χ0v) is 13.0. The van der Waals surface area contributed by atoms with Crippen LogP contribution in [0, 0.1) is 0 Å². The lowest BCUT2D eigenvalue weighted by Gasteiger charge is -2.22. The zero-order valence-electron chi connectivity index (χ0n) is 12.2. The van der Waals surface area contributed by atoms with Crippen LogP contribution in [-0.2, 0) is 16.4 Å². The molecule has 1 aromatic heterocycles. The molecule has 2 rings (SSSR count). The Morgan fingerprint density at radius 1 is 1.45 bits per heavy atom. The molecule has 0 aromatic carbocycles. The Balaban J connectivity index is 1.95. The van der Waals surface area contributed by atoms with Gasteiger partial charge in [-0.15, -0.1) is 0 Å². The molecule has 112 valence electrons. The van der Waals surface area contributed by atoms with E-state index in [0.29, 0.717) is 12.3 Å². The molecule has 1 aliphatic heterocycles. The maximum absolute atomic E-state index is 11.5. The lowest BCUT2D eigenvalue weighted by atomic mass is 10.2. The van der Waals surface area contributed by atoms with Crippen molar-refractivity contribution in [2.24, 2.45) is 0 Å². The van der Waals surface area contributed by atoms with Gasteiger partial charge in [-0.1, -0.05) is 13.0 Å². The summed E-state index contributed by atoms with van der Waals surface area (Å²) in [6.07, 6.45) is 1.79. The van der Waals surface area contributed by atoms with Gasteiger partial charge in [0.1, 0.15) is 5.82 Å². The van der Waals surface area contributed by atoms with E-state index in [2.05, 4.69) is 22.1 Å². The number of sulfone groups is 1. The van der Waals surface area contributed by atoms with Gasteiger partial charge >= 0.3 is 0 Å². The van der Waals surface area contributed by atoms with Crippen molar-refractivity contribution in [2.75, 3.05) is 30.4 Å². The predicted octanol–water partition coefficient (Wildman–Crippen LogP) is 1.52. The normalized spacial score (nSPS) is 21.2. The second-order valence-electron chi connectivity index (χ2n) is 5.41. The first-order valence-electron chi connectivity index (χ1n) is 7.10. The van der Waals surface area contributed by atoms with E-state index in [-0.39, 0.29) is 11.8 Å². The fourth-order valence-corrected chi connectivity index (χ4v) is 4.23. The van der Waals surface area contributed by atoms with Gasteiger partial charge in [-0.25, -0.2) is 13.4 Å². The van der Waals surface area contributed by atoms with Crippen molar-refractivity contribution in [1.82, 2.24) is 9.88 Å². The first-order valence-corrected chi connectivity index (χ1v) is 8.93. The Morgan fingerprint density at radius 3 is 2.90 bits per heavy atom. The second kappa shape index (κ2) is 6.54. The summed E-state index contributed by atoms with van der Waals surface area (Å²) in [5.74, 6) is 1.47. The summed E-state index contributed by atoms with van der Waals surface area (Å²) in [7, 11) is -0.856. The maximum atomic E-state index is 11.5. The summed E-state index contributed by atoms with van der Waals surface area (Å²) in [5, 5.41) is 3.27. The highest BCUT2D eigenvalue weighted by molar-refractivity contribution is 7.91. The molecule has 6 heteroatoms. The number of hydrogen-bond donors (Lipinski definition) is 1. The van der Waals surface area contributed by atoms with E-state index >= 15 is 0 Å². The van der Waals surface area contributed by atoms with Crippen molar-refractivity contribution in [2.45, 2.75) is 32.4 Å². The van der Waals surface area contributed by atoms with E-state index < -0.39 is 9.84 Å². The van der Waals surface area contributed by atoms with Crippen LogP contribution >= 0.6 is 0 Å². The first kappa shape index (κ1) is 15.3. The van der Waals surface area contributed by atoms with Gasteiger partial charge < -0.3 is 5.32 Å². The van der Waals surface area contributed by atoms with Gasteiger partial charge in [-0.2, -0.15) is 0 Å². The van der Waals surface area contributed by atoms with Gasteiger partial charge in [0.2, 0.25) is 0 Å². The van der Waals surface area contributed by atoms with Crippen LogP contribution in [0.15, 0.2) is 18.2 Å². The Hall–Kier alpha value is -1.14. The third-order valence-electron chi connectivity index (χ3n) is 3.61. The highest BCUT2D eigenvalue weighted by Gasteiger charge is 2.30. The Labute approximate surface area is 121 Å². The van der Waals surface area contributed by atoms with Gasteiger partial charge in [0.25, 0.3) is 0 Å². The predicted molar refractivity (Wildman–Crippen MR) is 81.5 cm³/mol. The molecule has 0 radical (unpaired) electrons. The minimum absolute atomic E-state index is 0.119. The molecule has 0 saturated carbocycles. The number of anilines is 1. The molecule has 1 N–H and O–H groups in total. The molecular weight excluding hydrogens is 274 g/mol. The van der Waals surface area contributed by atoms with E-state index in [1.165, 1.54) is 0 Å². The maximum Gasteiger partial charge on any atom is 0.151 e. The van der Waals surface area contributed by atoms with E-state index in [0.717, 1.165) is 30.9 Å². The lowest BCUT2D eigenvalue weighted by Crippen LogP contribution is -2.32. The summed E-state index contributed by atoms with van der Waals surface area (Å²) in [6.45, 7) is 3.71. The highest BCUT2D eigenvalue weighted by atomic mass is 32.2. The van der Waals surface area contributed by atoms with Crippen LogP contribution in [0.5, 0.6) is 0 Å². The topological polar surface area (TPSA) is 62.3 Å². The van der Waals surface area contributed by atoms with Crippen LogP contribution in [0.25, 0.3) is 0 Å². The molecule has 5 nitrogen and oxygen atoms in total. The van der Waals surface area contributed by atoms with Crippen molar-refractivity contribution < 1.29 is 8.42 Å². The van der Waals surface area contributed by atoms with E-state index in [9.17, 15) is 8.42 Å². The number of pyridine rings is 1. The quantitative estimate of drug-likeness (QED) is 0.862. The Morgan fingerprint density at radius 2 is 2.25 bits per heavy atom. The van der Waals surface area contributed by atoms with Crippen LogP contribution in [-0.4, -0.2) is 49.4 Å². The van der Waals surface area contributed by atoms with Gasteiger partial charge in [0.05, 0.1) is 17.2 Å². The number of nitrogens with zero attached hydrogens (tertiary/aromatic N) is 2. The van der Waals surface area contributed by atoms with Gasteiger partial charge in [0, 0.05) is 19.1 Å². The molecule has 2 heterocycles. The Bertz CT molecular complexity index is 545. The smallest absolute Gasteiger partial charge is 0.151 e. The number of hydrogen-bond acceptors (Lipinski definition) is 5. The summed E-state index contributed by atoms with van der Waals surface area (Å²) >= 11 is 0. The Kier molecular flexibility index (Phi) is 4.99. The van der Waals surface area contributed by atoms with Crippen molar-refractivity contribution in [1.29, 1.82) is 0 Å². The summed E-state index contributed by atoms with van der Waals surface area (Å²) in [4.78, 5) is 6.65. The highest BCUT2D eigenvalue weighted by Crippen LogP contribution is 2.18. The van der Waals surface area contributed by atoms with E-state index in [1.807, 2.05) is 25.2 Å². The van der Waals surface area contributed by atoms with Crippen LogP contribution < -0.4 is 5.32 Å². The van der Waals surface area contributed by atoms with Crippen molar-refractivity contribution >= 4 is 15.7 Å². The van der Waals surface area contributed by atoms with Crippen LogP contribution in [0.2, 0.25) is 0 Å². The minimum atomic E-state index is -2.83. The van der Waals surface area contributed by atoms with Gasteiger partial charge in [-0.05, 0) is 32.0 Å². The molecule has 1 saturated heterocycles. The molecule has 1 fully saturated rings. The van der Waals surface area contributed by atoms with Crippen LogP contribution in [0.3, 0.4) is 0 Å². The monoisotopic (exact) mass is 297 g/mol. The number of rotatable bonds is 6. The lowest BCUT2D eigenvalue weighted by molar-refractivity contribution is 0.251. The van der Waals surface area contributed by atoms with Gasteiger partial charge in [0.15, 0.2) is 9.84 Å². The van der Waals surface area contributed by atoms with E-state index in [1.54, 1.807) is 0 Å². The fourth-order valence-electron chi connectivity index (χ4n) is 2.43. The molecule has 1 aliphatic rings. The van der Waals surface area contributed by atoms with Crippen molar-refractivity contribution in [3.05, 3.63) is 23.9 Å². The third kappa shape index (κ3) is 4.18. The largest absolute Gasteiger partial charge is 0.370 e. The average Bonchev–Trinajstić information content (AvgIpc) is 2.77. The van der Waals surface area contributed by atoms with E-state index in [4.69, 9.17) is 0 Å². The number of nitrogens with one attached hydrogen (secondary N) is 1. The van der Waals surface area contributed by atoms with Crippen LogP contribution in [0.1, 0.15) is 25.5 Å². The zero-order chi connectivity index (χ0) is 14.6. The standard InChI is InChI=1S/C14H23N3O2S/c1-3-8-15-14-6-4-5-12(16-14)10-17(2)13-7-9-20(18,19)11-13/h4-6,13H,3,7-11H2,1-2H3,(H,15,16). The van der Waals surface area contributed by atoms with Crippen molar-refractivity contribution in [3.8, 4) is 0 Å². The SMILES string of the molecule is CCCNc1cccc(CN(C)C2CCS(=O)(=O)C2)n1. The minimum Gasteiger partial charge on any atom is -0.370 e. The number of aromatic nitrogens is 1. The molecule has 1 aromatic rings. The first-order chi connectivity index (χ1) is 9.50. The fraction of sp³-hybridized carbons (Fsp3) is 0.643.